The number of aromatic nitrogens is 1. The number of nitrogen functional groups attached to an aromatic ring is 1. The Morgan fingerprint density at radius 3 is 2.74 bits per heavy atom. The number of methoxy groups -OCH3 is 1. The Balaban J connectivity index is 2.61. The minimum Gasteiger partial charge on any atom is -0.480 e. The van der Waals surface area contributed by atoms with Crippen molar-refractivity contribution in [3.8, 4) is 0 Å². The second kappa shape index (κ2) is 6.69. The maximum atomic E-state index is 11.7. The van der Waals surface area contributed by atoms with E-state index >= 15 is 0 Å². The Morgan fingerprint density at radius 1 is 1.58 bits per heavy atom. The highest BCUT2D eigenvalue weighted by atomic mass is 32.1. The quantitative estimate of drug-likeness (QED) is 0.620. The number of carbonyl (C=O) groups excluding carboxylic acids is 2. The number of nitrogens with two attached hydrogens (primary N) is 1. The van der Waals surface area contributed by atoms with Crippen LogP contribution in [0.5, 0.6) is 0 Å². The molecular formula is C10H13N3O5S. The molecule has 0 saturated heterocycles. The van der Waals surface area contributed by atoms with Crippen LogP contribution in [0.15, 0.2) is 5.38 Å². The number of carboxylic acids is 1. The van der Waals surface area contributed by atoms with Crippen LogP contribution in [0.4, 0.5) is 5.13 Å². The van der Waals surface area contributed by atoms with E-state index in [9.17, 15) is 14.4 Å². The van der Waals surface area contributed by atoms with Crippen molar-refractivity contribution in [1.82, 2.24) is 10.3 Å². The molecule has 0 aliphatic carbocycles. The van der Waals surface area contributed by atoms with E-state index in [1.54, 1.807) is 0 Å². The monoisotopic (exact) mass is 287 g/mol. The maximum Gasteiger partial charge on any atom is 0.326 e. The molecule has 0 aliphatic heterocycles. The number of amides is 1. The van der Waals surface area contributed by atoms with Crippen molar-refractivity contribution in [3.63, 3.8) is 0 Å². The van der Waals surface area contributed by atoms with Crippen molar-refractivity contribution in [2.75, 3.05) is 12.8 Å². The largest absolute Gasteiger partial charge is 0.480 e. The molecule has 1 heterocycles. The molecule has 1 aromatic rings. The average Bonchev–Trinajstić information content (AvgIpc) is 2.80. The van der Waals surface area contributed by atoms with Crippen molar-refractivity contribution < 1.29 is 24.2 Å². The minimum atomic E-state index is -1.24. The summed E-state index contributed by atoms with van der Waals surface area (Å²) >= 11 is 1.07. The second-order valence-corrected chi connectivity index (χ2v) is 4.44. The van der Waals surface area contributed by atoms with Crippen LogP contribution >= 0.6 is 11.3 Å². The lowest BCUT2D eigenvalue weighted by atomic mass is 10.1. The lowest BCUT2D eigenvalue weighted by molar-refractivity contribution is -0.142. The number of thiazole rings is 1. The van der Waals surface area contributed by atoms with Crippen LogP contribution in [0.1, 0.15) is 23.3 Å². The zero-order valence-electron chi connectivity index (χ0n) is 10.1. The van der Waals surface area contributed by atoms with Crippen molar-refractivity contribution >= 4 is 34.3 Å². The molecule has 1 rings (SSSR count). The number of aliphatic carboxylic acids is 1. The van der Waals surface area contributed by atoms with Gasteiger partial charge in [0, 0.05) is 11.8 Å². The van der Waals surface area contributed by atoms with E-state index in [1.807, 2.05) is 0 Å². The molecule has 0 spiro atoms. The van der Waals surface area contributed by atoms with Crippen molar-refractivity contribution in [1.29, 1.82) is 0 Å². The summed E-state index contributed by atoms with van der Waals surface area (Å²) in [5, 5.41) is 12.9. The highest BCUT2D eigenvalue weighted by Gasteiger charge is 2.22. The van der Waals surface area contributed by atoms with Gasteiger partial charge in [0.2, 0.25) is 0 Å². The van der Waals surface area contributed by atoms with Crippen molar-refractivity contribution in [3.05, 3.63) is 11.1 Å². The Hall–Kier alpha value is -2.16. The molecule has 1 amide bonds. The summed E-state index contributed by atoms with van der Waals surface area (Å²) in [4.78, 5) is 37.3. The average molecular weight is 287 g/mol. The van der Waals surface area contributed by atoms with Crippen LogP contribution in [0, 0.1) is 0 Å². The number of carbonyl (C=O) groups is 3. The molecule has 0 radical (unpaired) electrons. The summed E-state index contributed by atoms with van der Waals surface area (Å²) in [7, 11) is 1.20. The SMILES string of the molecule is COC(=O)CCC(NC(=O)c1csc(N)n1)C(=O)O. The van der Waals surface area contributed by atoms with Crippen LogP contribution in [-0.4, -0.2) is 41.1 Å². The van der Waals surface area contributed by atoms with Crippen LogP contribution in [0.25, 0.3) is 0 Å². The van der Waals surface area contributed by atoms with E-state index in [-0.39, 0.29) is 23.7 Å². The number of hydrogen-bond donors (Lipinski definition) is 3. The van der Waals surface area contributed by atoms with Gasteiger partial charge in [-0.25, -0.2) is 9.78 Å². The third-order valence-electron chi connectivity index (χ3n) is 2.22. The summed E-state index contributed by atoms with van der Waals surface area (Å²) in [6.45, 7) is 0. The van der Waals surface area contributed by atoms with Gasteiger partial charge >= 0.3 is 11.9 Å². The fraction of sp³-hybridized carbons (Fsp3) is 0.400. The Bertz CT molecular complexity index is 487. The first kappa shape index (κ1) is 14.9. The molecule has 0 bridgehead atoms. The number of carboxylic acid groups (broad SMARTS) is 1. The van der Waals surface area contributed by atoms with Gasteiger partial charge in [0.15, 0.2) is 5.13 Å². The molecular weight excluding hydrogens is 274 g/mol. The molecule has 1 atom stereocenters. The first-order valence-corrected chi connectivity index (χ1v) is 6.13. The van der Waals surface area contributed by atoms with E-state index in [0.29, 0.717) is 0 Å². The lowest BCUT2D eigenvalue weighted by Crippen LogP contribution is -2.41. The molecule has 0 aromatic carbocycles. The smallest absolute Gasteiger partial charge is 0.326 e. The summed E-state index contributed by atoms with van der Waals surface area (Å²) < 4.78 is 4.40. The van der Waals surface area contributed by atoms with Gasteiger partial charge in [0.1, 0.15) is 11.7 Å². The first-order chi connectivity index (χ1) is 8.93. The number of esters is 1. The van der Waals surface area contributed by atoms with Crippen molar-refractivity contribution in [2.45, 2.75) is 18.9 Å². The Kier molecular flexibility index (Phi) is 5.24. The third-order valence-corrected chi connectivity index (χ3v) is 2.90. The zero-order valence-corrected chi connectivity index (χ0v) is 10.9. The molecule has 0 aliphatic rings. The number of hydrogen-bond acceptors (Lipinski definition) is 7. The second-order valence-electron chi connectivity index (χ2n) is 3.55. The molecule has 0 saturated carbocycles. The van der Waals surface area contributed by atoms with E-state index < -0.39 is 23.9 Å². The molecule has 4 N–H and O–H groups in total. The van der Waals surface area contributed by atoms with Crippen LogP contribution in [0.3, 0.4) is 0 Å². The maximum absolute atomic E-state index is 11.7. The van der Waals surface area contributed by atoms with Crippen LogP contribution in [-0.2, 0) is 14.3 Å². The highest BCUT2D eigenvalue weighted by molar-refractivity contribution is 7.13. The third kappa shape index (κ3) is 4.54. The first-order valence-electron chi connectivity index (χ1n) is 5.25. The van der Waals surface area contributed by atoms with Gasteiger partial charge in [0.05, 0.1) is 7.11 Å². The van der Waals surface area contributed by atoms with Gasteiger partial charge in [-0.05, 0) is 6.42 Å². The van der Waals surface area contributed by atoms with Gasteiger partial charge in [-0.1, -0.05) is 0 Å². The van der Waals surface area contributed by atoms with Crippen LogP contribution < -0.4 is 11.1 Å². The topological polar surface area (TPSA) is 132 Å². The van der Waals surface area contributed by atoms with E-state index in [2.05, 4.69) is 15.0 Å². The molecule has 104 valence electrons. The zero-order chi connectivity index (χ0) is 14.4. The van der Waals surface area contributed by atoms with Crippen molar-refractivity contribution in [2.24, 2.45) is 0 Å². The molecule has 1 aromatic heterocycles. The predicted octanol–water partition coefficient (Wildman–Crippen LogP) is -0.139. The standard InChI is InChI=1S/C10H13N3O5S/c1-18-7(14)3-2-5(9(16)17)12-8(15)6-4-19-10(11)13-6/h4-5H,2-3H2,1H3,(H2,11,13)(H,12,15)(H,16,17). The predicted molar refractivity (Wildman–Crippen MR) is 66.7 cm³/mol. The minimum absolute atomic E-state index is 0.0480. The summed E-state index contributed by atoms with van der Waals surface area (Å²) in [6.07, 6.45) is -0.166. The van der Waals surface area contributed by atoms with Gasteiger partial charge < -0.3 is 20.9 Å². The summed E-state index contributed by atoms with van der Waals surface area (Å²) in [5.74, 6) is -2.43. The molecule has 0 fully saturated rings. The number of ether oxygens (including phenoxy) is 1. The number of anilines is 1. The van der Waals surface area contributed by atoms with E-state index in [1.165, 1.54) is 12.5 Å². The van der Waals surface area contributed by atoms with Gasteiger partial charge in [-0.2, -0.15) is 0 Å². The number of rotatable bonds is 6. The molecule has 9 heteroatoms. The van der Waals surface area contributed by atoms with E-state index in [4.69, 9.17) is 10.8 Å². The van der Waals surface area contributed by atoms with Gasteiger partial charge in [0.25, 0.3) is 5.91 Å². The Morgan fingerprint density at radius 2 is 2.26 bits per heavy atom. The fourth-order valence-electron chi connectivity index (χ4n) is 1.25. The fourth-order valence-corrected chi connectivity index (χ4v) is 1.79. The van der Waals surface area contributed by atoms with Gasteiger partial charge in [-0.15, -0.1) is 11.3 Å². The summed E-state index contributed by atoms with van der Waals surface area (Å²) in [6, 6.07) is -1.19. The molecule has 8 nitrogen and oxygen atoms in total. The van der Waals surface area contributed by atoms with E-state index in [0.717, 1.165) is 11.3 Å². The van der Waals surface area contributed by atoms with Gasteiger partial charge in [-0.3, -0.25) is 9.59 Å². The normalized spacial score (nSPS) is 11.6. The molecule has 19 heavy (non-hydrogen) atoms. The highest BCUT2D eigenvalue weighted by Crippen LogP contribution is 2.11. The molecule has 1 unspecified atom stereocenters. The lowest BCUT2D eigenvalue weighted by Gasteiger charge is -2.12. The number of nitrogens with zero attached hydrogens (tertiary/aromatic N) is 1. The van der Waals surface area contributed by atoms with Crippen LogP contribution in [0.2, 0.25) is 0 Å². The Labute approximate surface area is 112 Å². The number of nitrogens with one attached hydrogen (secondary N) is 1. The summed E-state index contributed by atoms with van der Waals surface area (Å²) in [5.41, 5.74) is 5.42.